The lowest BCUT2D eigenvalue weighted by Gasteiger charge is -2.00. The number of hydrogen-bond acceptors (Lipinski definition) is 4. The van der Waals surface area contributed by atoms with E-state index >= 15 is 0 Å². The summed E-state index contributed by atoms with van der Waals surface area (Å²) in [7, 11) is 0. The van der Waals surface area contributed by atoms with Gasteiger partial charge in [-0.1, -0.05) is 49.3 Å². The first kappa shape index (κ1) is 15.9. The van der Waals surface area contributed by atoms with E-state index in [4.69, 9.17) is 4.52 Å². The van der Waals surface area contributed by atoms with Gasteiger partial charge in [0, 0.05) is 25.0 Å². The number of carbonyl (C=O) groups is 1. The van der Waals surface area contributed by atoms with E-state index in [1.807, 2.05) is 44.2 Å². The van der Waals surface area contributed by atoms with E-state index in [0.717, 1.165) is 17.8 Å². The number of benzene rings is 1. The molecule has 0 radical (unpaired) electrons. The normalized spacial score (nSPS) is 11.2. The van der Waals surface area contributed by atoms with Crippen LogP contribution in [-0.2, 0) is 11.2 Å². The molecule has 1 heterocycles. The van der Waals surface area contributed by atoms with Crippen molar-refractivity contribution in [3.63, 3.8) is 0 Å². The van der Waals surface area contributed by atoms with Crippen LogP contribution in [0.1, 0.15) is 43.5 Å². The summed E-state index contributed by atoms with van der Waals surface area (Å²) in [5, 5.41) is 6.75. The molecule has 2 rings (SSSR count). The second-order valence-electron chi connectivity index (χ2n) is 5.34. The minimum Gasteiger partial charge on any atom is -0.353 e. The van der Waals surface area contributed by atoms with Gasteiger partial charge in [0.1, 0.15) is 0 Å². The van der Waals surface area contributed by atoms with Gasteiger partial charge < -0.3 is 9.84 Å². The van der Waals surface area contributed by atoms with Crippen molar-refractivity contribution in [1.29, 1.82) is 0 Å². The molecule has 0 spiro atoms. The van der Waals surface area contributed by atoms with Crippen molar-refractivity contribution in [2.45, 2.75) is 32.6 Å². The summed E-state index contributed by atoms with van der Waals surface area (Å²) in [6.45, 7) is 4.62. The van der Waals surface area contributed by atoms with Crippen LogP contribution in [0, 0.1) is 0 Å². The molecular formula is C17H21N3O2. The molecule has 22 heavy (non-hydrogen) atoms. The Morgan fingerprint density at radius 2 is 2.09 bits per heavy atom. The highest BCUT2D eigenvalue weighted by molar-refractivity contribution is 5.91. The Kier molecular flexibility index (Phi) is 5.89. The molecule has 116 valence electrons. The van der Waals surface area contributed by atoms with E-state index in [-0.39, 0.29) is 11.8 Å². The van der Waals surface area contributed by atoms with Gasteiger partial charge in [-0.05, 0) is 18.1 Å². The quantitative estimate of drug-likeness (QED) is 0.630. The molecule has 2 aromatic rings. The van der Waals surface area contributed by atoms with Crippen molar-refractivity contribution in [2.75, 3.05) is 6.54 Å². The second-order valence-corrected chi connectivity index (χ2v) is 5.34. The summed E-state index contributed by atoms with van der Waals surface area (Å²) in [4.78, 5) is 16.0. The molecule has 0 unspecified atom stereocenters. The van der Waals surface area contributed by atoms with Crippen LogP contribution in [0.2, 0.25) is 0 Å². The van der Waals surface area contributed by atoms with Crippen molar-refractivity contribution >= 4 is 12.0 Å². The molecule has 0 fully saturated rings. The third kappa shape index (κ3) is 5.16. The molecule has 0 aliphatic carbocycles. The van der Waals surface area contributed by atoms with Crippen LogP contribution in [0.25, 0.3) is 6.08 Å². The van der Waals surface area contributed by atoms with E-state index in [0.29, 0.717) is 18.9 Å². The fourth-order valence-electron chi connectivity index (χ4n) is 1.85. The van der Waals surface area contributed by atoms with Gasteiger partial charge in [-0.2, -0.15) is 4.98 Å². The Hall–Kier alpha value is -2.43. The van der Waals surface area contributed by atoms with Crippen LogP contribution in [0.5, 0.6) is 0 Å². The van der Waals surface area contributed by atoms with Gasteiger partial charge in [-0.25, -0.2) is 0 Å². The average Bonchev–Trinajstić information content (AvgIpc) is 3.00. The highest BCUT2D eigenvalue weighted by atomic mass is 16.5. The second kappa shape index (κ2) is 8.12. The van der Waals surface area contributed by atoms with E-state index in [1.54, 1.807) is 12.2 Å². The average molecular weight is 299 g/mol. The number of aryl methyl sites for hydroxylation is 1. The molecule has 0 aliphatic rings. The lowest BCUT2D eigenvalue weighted by Crippen LogP contribution is -2.22. The summed E-state index contributed by atoms with van der Waals surface area (Å²) in [5.41, 5.74) is 1.00. The maximum absolute atomic E-state index is 11.7. The van der Waals surface area contributed by atoms with E-state index in [1.165, 1.54) is 0 Å². The SMILES string of the molecule is CC(C)c1noc(CCCNC(=O)C=Cc2ccccc2)n1. The zero-order valence-corrected chi connectivity index (χ0v) is 13.0. The van der Waals surface area contributed by atoms with Gasteiger partial charge in [0.15, 0.2) is 5.82 Å². The number of aromatic nitrogens is 2. The Bertz CT molecular complexity index is 618. The molecule has 1 aromatic heterocycles. The fraction of sp³-hybridized carbons (Fsp3) is 0.353. The number of carbonyl (C=O) groups excluding carboxylic acids is 1. The molecule has 1 N–H and O–H groups in total. The predicted molar refractivity (Wildman–Crippen MR) is 85.2 cm³/mol. The predicted octanol–water partition coefficient (Wildman–Crippen LogP) is 2.96. The minimum absolute atomic E-state index is 0.0998. The number of rotatable bonds is 7. The zero-order chi connectivity index (χ0) is 15.8. The van der Waals surface area contributed by atoms with Crippen molar-refractivity contribution in [3.8, 4) is 0 Å². The molecule has 0 atom stereocenters. The van der Waals surface area contributed by atoms with E-state index in [9.17, 15) is 4.79 Å². The van der Waals surface area contributed by atoms with Gasteiger partial charge in [0.05, 0.1) is 0 Å². The van der Waals surface area contributed by atoms with Gasteiger partial charge in [0.25, 0.3) is 0 Å². The number of nitrogens with one attached hydrogen (secondary N) is 1. The van der Waals surface area contributed by atoms with Crippen LogP contribution < -0.4 is 5.32 Å². The highest BCUT2D eigenvalue weighted by Crippen LogP contribution is 2.10. The van der Waals surface area contributed by atoms with Crippen molar-refractivity contribution in [1.82, 2.24) is 15.5 Å². The van der Waals surface area contributed by atoms with Crippen molar-refractivity contribution in [3.05, 3.63) is 53.7 Å². The molecule has 5 heteroatoms. The van der Waals surface area contributed by atoms with Gasteiger partial charge in [0.2, 0.25) is 11.8 Å². The summed E-state index contributed by atoms with van der Waals surface area (Å²) in [5.74, 6) is 1.51. The highest BCUT2D eigenvalue weighted by Gasteiger charge is 2.09. The van der Waals surface area contributed by atoms with Crippen LogP contribution in [0.4, 0.5) is 0 Å². The van der Waals surface area contributed by atoms with Crippen LogP contribution >= 0.6 is 0 Å². The topological polar surface area (TPSA) is 68.0 Å². The smallest absolute Gasteiger partial charge is 0.243 e. The van der Waals surface area contributed by atoms with Crippen LogP contribution in [0.15, 0.2) is 40.9 Å². The Balaban J connectivity index is 1.67. The van der Waals surface area contributed by atoms with E-state index < -0.39 is 0 Å². The molecule has 0 saturated heterocycles. The lowest BCUT2D eigenvalue weighted by molar-refractivity contribution is -0.116. The first-order chi connectivity index (χ1) is 10.6. The third-order valence-electron chi connectivity index (χ3n) is 3.09. The molecule has 5 nitrogen and oxygen atoms in total. The Morgan fingerprint density at radius 1 is 1.32 bits per heavy atom. The monoisotopic (exact) mass is 299 g/mol. The van der Waals surface area contributed by atoms with Crippen LogP contribution in [0.3, 0.4) is 0 Å². The largest absolute Gasteiger partial charge is 0.353 e. The van der Waals surface area contributed by atoms with Crippen molar-refractivity contribution < 1.29 is 9.32 Å². The molecule has 0 bridgehead atoms. The molecule has 0 aliphatic heterocycles. The summed E-state index contributed by atoms with van der Waals surface area (Å²) in [6.07, 6.45) is 4.77. The zero-order valence-electron chi connectivity index (χ0n) is 13.0. The van der Waals surface area contributed by atoms with E-state index in [2.05, 4.69) is 15.5 Å². The number of hydrogen-bond donors (Lipinski definition) is 1. The number of amides is 1. The minimum atomic E-state index is -0.0998. The fourth-order valence-corrected chi connectivity index (χ4v) is 1.85. The first-order valence-corrected chi connectivity index (χ1v) is 7.48. The van der Waals surface area contributed by atoms with Crippen LogP contribution in [-0.4, -0.2) is 22.6 Å². The Labute approximate surface area is 130 Å². The van der Waals surface area contributed by atoms with Gasteiger partial charge in [-0.15, -0.1) is 0 Å². The molecule has 1 amide bonds. The summed E-state index contributed by atoms with van der Waals surface area (Å²) in [6, 6.07) is 9.72. The van der Waals surface area contributed by atoms with Gasteiger partial charge >= 0.3 is 0 Å². The molecule has 1 aromatic carbocycles. The van der Waals surface area contributed by atoms with Gasteiger partial charge in [-0.3, -0.25) is 4.79 Å². The maximum atomic E-state index is 11.7. The lowest BCUT2D eigenvalue weighted by atomic mass is 10.2. The third-order valence-corrected chi connectivity index (χ3v) is 3.09. The standard InChI is InChI=1S/C17H21N3O2/c1-13(2)17-19-16(22-20-17)9-6-12-18-15(21)11-10-14-7-4-3-5-8-14/h3-5,7-8,10-11,13H,6,9,12H2,1-2H3,(H,18,21). The maximum Gasteiger partial charge on any atom is 0.243 e. The van der Waals surface area contributed by atoms with Crippen molar-refractivity contribution in [2.24, 2.45) is 0 Å². The molecule has 0 saturated carbocycles. The Morgan fingerprint density at radius 3 is 2.77 bits per heavy atom. The summed E-state index contributed by atoms with van der Waals surface area (Å²) < 4.78 is 5.15. The molecular weight excluding hydrogens is 278 g/mol. The summed E-state index contributed by atoms with van der Waals surface area (Å²) >= 11 is 0. The number of nitrogens with zero attached hydrogens (tertiary/aromatic N) is 2. The first-order valence-electron chi connectivity index (χ1n) is 7.48.